The van der Waals surface area contributed by atoms with Crippen LogP contribution in [0.25, 0.3) is 0 Å². The monoisotopic (exact) mass is 274 g/mol. The standard InChI is InChI=1S/C16H19FN2O/c1-10-4-6-13(15(8-10)20-3)16(19-18)12-5-7-14(17)11(2)9-12/h4-9,16,19H,18H2,1-3H3. The van der Waals surface area contributed by atoms with Gasteiger partial charge in [0.05, 0.1) is 13.2 Å². The first kappa shape index (κ1) is 14.5. The number of benzene rings is 2. The van der Waals surface area contributed by atoms with E-state index in [4.69, 9.17) is 10.6 Å². The number of rotatable bonds is 4. The van der Waals surface area contributed by atoms with E-state index in [1.807, 2.05) is 25.1 Å². The lowest BCUT2D eigenvalue weighted by atomic mass is 9.96. The fourth-order valence-electron chi connectivity index (χ4n) is 2.27. The van der Waals surface area contributed by atoms with Gasteiger partial charge in [-0.15, -0.1) is 0 Å². The molecule has 3 nitrogen and oxygen atoms in total. The van der Waals surface area contributed by atoms with E-state index in [2.05, 4.69) is 5.43 Å². The highest BCUT2D eigenvalue weighted by Gasteiger charge is 2.17. The normalized spacial score (nSPS) is 12.2. The molecule has 106 valence electrons. The molecule has 1 unspecified atom stereocenters. The van der Waals surface area contributed by atoms with Gasteiger partial charge in [0.2, 0.25) is 0 Å². The van der Waals surface area contributed by atoms with Gasteiger partial charge in [-0.2, -0.15) is 0 Å². The highest BCUT2D eigenvalue weighted by atomic mass is 19.1. The Morgan fingerprint density at radius 1 is 1.15 bits per heavy atom. The Balaban J connectivity index is 2.49. The maximum absolute atomic E-state index is 13.4. The maximum Gasteiger partial charge on any atom is 0.126 e. The molecule has 0 aliphatic rings. The highest BCUT2D eigenvalue weighted by Crippen LogP contribution is 2.31. The van der Waals surface area contributed by atoms with Crippen LogP contribution in [0, 0.1) is 19.7 Å². The molecule has 20 heavy (non-hydrogen) atoms. The van der Waals surface area contributed by atoms with Gasteiger partial charge in [-0.3, -0.25) is 5.84 Å². The van der Waals surface area contributed by atoms with Crippen LogP contribution < -0.4 is 16.0 Å². The molecule has 0 amide bonds. The fourth-order valence-corrected chi connectivity index (χ4v) is 2.27. The molecule has 2 aromatic rings. The predicted octanol–water partition coefficient (Wildman–Crippen LogP) is 3.00. The summed E-state index contributed by atoms with van der Waals surface area (Å²) in [5.74, 6) is 6.22. The molecular formula is C16H19FN2O. The first-order valence-electron chi connectivity index (χ1n) is 6.43. The topological polar surface area (TPSA) is 47.3 Å². The summed E-state index contributed by atoms with van der Waals surface area (Å²) >= 11 is 0. The Morgan fingerprint density at radius 2 is 1.90 bits per heavy atom. The van der Waals surface area contributed by atoms with Gasteiger partial charge in [-0.25, -0.2) is 9.82 Å². The molecule has 0 saturated carbocycles. The third-order valence-electron chi connectivity index (χ3n) is 3.38. The zero-order chi connectivity index (χ0) is 14.7. The van der Waals surface area contributed by atoms with Gasteiger partial charge >= 0.3 is 0 Å². The van der Waals surface area contributed by atoms with Crippen molar-refractivity contribution in [2.75, 3.05) is 7.11 Å². The third kappa shape index (κ3) is 2.81. The Bertz CT molecular complexity index is 613. The second kappa shape index (κ2) is 6.03. The molecule has 0 aliphatic carbocycles. The van der Waals surface area contributed by atoms with Crippen LogP contribution >= 0.6 is 0 Å². The quantitative estimate of drug-likeness (QED) is 0.665. The molecule has 0 aliphatic heterocycles. The van der Waals surface area contributed by atoms with Crippen LogP contribution in [-0.4, -0.2) is 7.11 Å². The minimum Gasteiger partial charge on any atom is -0.496 e. The number of ether oxygens (including phenoxy) is 1. The predicted molar refractivity (Wildman–Crippen MR) is 78.0 cm³/mol. The van der Waals surface area contributed by atoms with Gasteiger partial charge < -0.3 is 4.74 Å². The van der Waals surface area contributed by atoms with Crippen LogP contribution in [0.2, 0.25) is 0 Å². The number of hydrazine groups is 1. The molecule has 0 saturated heterocycles. The number of methoxy groups -OCH3 is 1. The van der Waals surface area contributed by atoms with Crippen LogP contribution in [0.5, 0.6) is 5.75 Å². The summed E-state index contributed by atoms with van der Waals surface area (Å²) in [5, 5.41) is 0. The lowest BCUT2D eigenvalue weighted by Gasteiger charge is -2.20. The zero-order valence-electron chi connectivity index (χ0n) is 11.9. The van der Waals surface area contributed by atoms with E-state index in [0.717, 1.165) is 22.4 Å². The summed E-state index contributed by atoms with van der Waals surface area (Å²) in [6.45, 7) is 3.73. The lowest BCUT2D eigenvalue weighted by Crippen LogP contribution is -2.29. The molecule has 0 bridgehead atoms. The number of hydrogen-bond donors (Lipinski definition) is 2. The van der Waals surface area contributed by atoms with Crippen LogP contribution in [0.15, 0.2) is 36.4 Å². The van der Waals surface area contributed by atoms with Crippen LogP contribution in [-0.2, 0) is 0 Å². The van der Waals surface area contributed by atoms with E-state index in [0.29, 0.717) is 5.56 Å². The van der Waals surface area contributed by atoms with Gasteiger partial charge in [0.25, 0.3) is 0 Å². The summed E-state index contributed by atoms with van der Waals surface area (Å²) < 4.78 is 18.8. The van der Waals surface area contributed by atoms with Crippen molar-refractivity contribution in [1.29, 1.82) is 0 Å². The molecule has 0 heterocycles. The Labute approximate surface area is 118 Å². The van der Waals surface area contributed by atoms with Crippen molar-refractivity contribution in [3.63, 3.8) is 0 Å². The number of nitrogens with two attached hydrogens (primary N) is 1. The molecular weight excluding hydrogens is 255 g/mol. The van der Waals surface area contributed by atoms with Gasteiger partial charge in [0, 0.05) is 5.56 Å². The Kier molecular flexibility index (Phi) is 4.37. The van der Waals surface area contributed by atoms with E-state index in [1.54, 1.807) is 26.2 Å². The molecule has 1 atom stereocenters. The second-order valence-electron chi connectivity index (χ2n) is 4.85. The smallest absolute Gasteiger partial charge is 0.126 e. The summed E-state index contributed by atoms with van der Waals surface area (Å²) in [4.78, 5) is 0. The van der Waals surface area contributed by atoms with Crippen LogP contribution in [0.1, 0.15) is 28.3 Å². The molecule has 3 N–H and O–H groups in total. The van der Waals surface area contributed by atoms with Crippen LogP contribution in [0.3, 0.4) is 0 Å². The SMILES string of the molecule is COc1cc(C)ccc1C(NN)c1ccc(F)c(C)c1. The van der Waals surface area contributed by atoms with Crippen LogP contribution in [0.4, 0.5) is 4.39 Å². The van der Waals surface area contributed by atoms with Crippen molar-refractivity contribution in [3.8, 4) is 5.75 Å². The van der Waals surface area contributed by atoms with Crippen molar-refractivity contribution in [2.45, 2.75) is 19.9 Å². The average molecular weight is 274 g/mol. The Morgan fingerprint density at radius 3 is 2.50 bits per heavy atom. The number of aryl methyl sites for hydroxylation is 2. The van der Waals surface area contributed by atoms with E-state index in [-0.39, 0.29) is 11.9 Å². The van der Waals surface area contributed by atoms with Crippen molar-refractivity contribution in [1.82, 2.24) is 5.43 Å². The van der Waals surface area contributed by atoms with E-state index in [9.17, 15) is 4.39 Å². The van der Waals surface area contributed by atoms with Gasteiger partial charge in [-0.05, 0) is 42.7 Å². The summed E-state index contributed by atoms with van der Waals surface area (Å²) in [6, 6.07) is 10.7. The molecule has 0 fully saturated rings. The maximum atomic E-state index is 13.4. The van der Waals surface area contributed by atoms with Gasteiger partial charge in [0.1, 0.15) is 11.6 Å². The molecule has 4 heteroatoms. The van der Waals surface area contributed by atoms with Crippen molar-refractivity contribution < 1.29 is 9.13 Å². The number of hydrogen-bond acceptors (Lipinski definition) is 3. The largest absolute Gasteiger partial charge is 0.496 e. The number of halogens is 1. The minimum atomic E-state index is -0.246. The molecule has 0 spiro atoms. The van der Waals surface area contributed by atoms with E-state index >= 15 is 0 Å². The van der Waals surface area contributed by atoms with E-state index in [1.165, 1.54) is 6.07 Å². The number of nitrogens with one attached hydrogen (secondary N) is 1. The van der Waals surface area contributed by atoms with Gasteiger partial charge in [-0.1, -0.05) is 24.3 Å². The summed E-state index contributed by atoms with van der Waals surface area (Å²) in [7, 11) is 1.63. The minimum absolute atomic E-state index is 0.222. The second-order valence-corrected chi connectivity index (χ2v) is 4.85. The highest BCUT2D eigenvalue weighted by molar-refractivity contribution is 5.44. The molecule has 0 aromatic heterocycles. The Hall–Kier alpha value is -1.91. The first-order valence-corrected chi connectivity index (χ1v) is 6.43. The molecule has 2 aromatic carbocycles. The zero-order valence-corrected chi connectivity index (χ0v) is 11.9. The lowest BCUT2D eigenvalue weighted by molar-refractivity contribution is 0.404. The first-order chi connectivity index (χ1) is 9.56. The third-order valence-corrected chi connectivity index (χ3v) is 3.38. The molecule has 2 rings (SSSR count). The summed E-state index contributed by atoms with van der Waals surface area (Å²) in [5.41, 5.74) is 6.29. The molecule has 0 radical (unpaired) electrons. The van der Waals surface area contributed by atoms with E-state index < -0.39 is 0 Å². The summed E-state index contributed by atoms with van der Waals surface area (Å²) in [6.07, 6.45) is 0. The van der Waals surface area contributed by atoms with Crippen molar-refractivity contribution in [3.05, 3.63) is 64.5 Å². The van der Waals surface area contributed by atoms with Gasteiger partial charge in [0.15, 0.2) is 0 Å². The average Bonchev–Trinajstić information content (AvgIpc) is 2.44. The van der Waals surface area contributed by atoms with Crippen molar-refractivity contribution >= 4 is 0 Å². The van der Waals surface area contributed by atoms with Crippen molar-refractivity contribution in [2.24, 2.45) is 5.84 Å². The fraction of sp³-hybridized carbons (Fsp3) is 0.250.